The van der Waals surface area contributed by atoms with Gasteiger partial charge in [-0.1, -0.05) is 6.07 Å². The molecule has 21 heavy (non-hydrogen) atoms. The molecule has 2 rings (SSSR count). The molecule has 0 amide bonds. The Hall–Kier alpha value is -2.53. The fraction of sp³-hybridized carbons (Fsp3) is 0.154. The number of carbonyl (C=O) groups is 1. The Labute approximate surface area is 128 Å². The summed E-state index contributed by atoms with van der Waals surface area (Å²) >= 11 is 3.25. The standard InChI is InChI=1S/C13H10BrN5O2/c14-10-2-1-8(6-17-10)3-4-16-12-11(13(20)21)19-9(5-15)7-18-12/h1-2,6-7H,3-4H2,(H,16,18)(H,20,21). The molecule has 2 aromatic rings. The first-order valence-corrected chi connectivity index (χ1v) is 6.74. The number of nitrogens with one attached hydrogen (secondary N) is 1. The molecule has 0 saturated heterocycles. The molecule has 0 aliphatic rings. The molecule has 2 heterocycles. The van der Waals surface area contributed by atoms with Gasteiger partial charge in [0, 0.05) is 12.7 Å². The Morgan fingerprint density at radius 2 is 2.19 bits per heavy atom. The van der Waals surface area contributed by atoms with Gasteiger partial charge < -0.3 is 10.4 Å². The highest BCUT2D eigenvalue weighted by atomic mass is 79.9. The van der Waals surface area contributed by atoms with E-state index in [4.69, 9.17) is 10.4 Å². The number of carboxylic acid groups (broad SMARTS) is 1. The van der Waals surface area contributed by atoms with E-state index in [1.54, 1.807) is 12.3 Å². The van der Waals surface area contributed by atoms with Crippen LogP contribution in [0.15, 0.2) is 29.1 Å². The van der Waals surface area contributed by atoms with Gasteiger partial charge in [0.1, 0.15) is 10.7 Å². The van der Waals surface area contributed by atoms with Gasteiger partial charge in [0.05, 0.1) is 6.20 Å². The fourth-order valence-corrected chi connectivity index (χ4v) is 1.84. The van der Waals surface area contributed by atoms with Crippen LogP contribution in [0.4, 0.5) is 5.82 Å². The summed E-state index contributed by atoms with van der Waals surface area (Å²) in [5, 5.41) is 20.7. The summed E-state index contributed by atoms with van der Waals surface area (Å²) < 4.78 is 0.755. The Morgan fingerprint density at radius 1 is 1.38 bits per heavy atom. The zero-order valence-electron chi connectivity index (χ0n) is 10.7. The number of hydrogen-bond donors (Lipinski definition) is 2. The lowest BCUT2D eigenvalue weighted by Crippen LogP contribution is -2.13. The molecule has 0 aliphatic carbocycles. The maximum Gasteiger partial charge on any atom is 0.358 e. The van der Waals surface area contributed by atoms with Crippen molar-refractivity contribution in [3.8, 4) is 6.07 Å². The fourth-order valence-electron chi connectivity index (χ4n) is 1.60. The second-order valence-electron chi connectivity index (χ2n) is 4.04. The number of rotatable bonds is 5. The van der Waals surface area contributed by atoms with Gasteiger partial charge in [-0.25, -0.2) is 19.7 Å². The number of anilines is 1. The van der Waals surface area contributed by atoms with Crippen molar-refractivity contribution < 1.29 is 9.90 Å². The van der Waals surface area contributed by atoms with Crippen molar-refractivity contribution in [2.45, 2.75) is 6.42 Å². The molecule has 0 aromatic carbocycles. The second-order valence-corrected chi connectivity index (χ2v) is 4.85. The molecule has 8 heteroatoms. The summed E-state index contributed by atoms with van der Waals surface area (Å²) in [7, 11) is 0. The lowest BCUT2D eigenvalue weighted by atomic mass is 10.2. The number of nitriles is 1. The minimum atomic E-state index is -1.23. The molecule has 106 valence electrons. The van der Waals surface area contributed by atoms with E-state index in [0.717, 1.165) is 10.2 Å². The summed E-state index contributed by atoms with van der Waals surface area (Å²) in [5.74, 6) is -1.08. The normalized spacial score (nSPS) is 9.90. The molecule has 2 aromatic heterocycles. The third-order valence-electron chi connectivity index (χ3n) is 2.58. The Balaban J connectivity index is 2.04. The molecule has 0 saturated carbocycles. The van der Waals surface area contributed by atoms with Gasteiger partial charge in [0.25, 0.3) is 0 Å². The van der Waals surface area contributed by atoms with E-state index in [1.807, 2.05) is 12.1 Å². The van der Waals surface area contributed by atoms with Crippen molar-refractivity contribution in [1.29, 1.82) is 5.26 Å². The topological polar surface area (TPSA) is 112 Å². The molecule has 0 spiro atoms. The minimum Gasteiger partial charge on any atom is -0.476 e. The van der Waals surface area contributed by atoms with E-state index in [2.05, 4.69) is 36.2 Å². The predicted molar refractivity (Wildman–Crippen MR) is 77.8 cm³/mol. The highest BCUT2D eigenvalue weighted by Gasteiger charge is 2.14. The highest BCUT2D eigenvalue weighted by molar-refractivity contribution is 9.10. The molecule has 0 aliphatic heterocycles. The quantitative estimate of drug-likeness (QED) is 0.793. The van der Waals surface area contributed by atoms with Crippen molar-refractivity contribution in [2.75, 3.05) is 11.9 Å². The number of pyridine rings is 1. The number of hydrogen-bond acceptors (Lipinski definition) is 6. The van der Waals surface area contributed by atoms with Gasteiger partial charge in [-0.15, -0.1) is 0 Å². The molecule has 0 unspecified atom stereocenters. The van der Waals surface area contributed by atoms with Crippen LogP contribution in [-0.4, -0.2) is 32.6 Å². The van der Waals surface area contributed by atoms with Crippen LogP contribution in [0.25, 0.3) is 0 Å². The molecule has 2 N–H and O–H groups in total. The minimum absolute atomic E-state index is 0.0324. The molecule has 0 fully saturated rings. The zero-order valence-corrected chi connectivity index (χ0v) is 12.3. The molecule has 0 bridgehead atoms. The molecular formula is C13H10BrN5O2. The predicted octanol–water partition coefficient (Wildman–Crippen LogP) is 1.86. The second kappa shape index (κ2) is 6.76. The van der Waals surface area contributed by atoms with Gasteiger partial charge in [0.2, 0.25) is 0 Å². The lowest BCUT2D eigenvalue weighted by Gasteiger charge is -2.07. The van der Waals surface area contributed by atoms with Gasteiger partial charge in [-0.05, 0) is 34.0 Å². The van der Waals surface area contributed by atoms with Crippen molar-refractivity contribution in [3.05, 3.63) is 46.1 Å². The van der Waals surface area contributed by atoms with Gasteiger partial charge >= 0.3 is 5.97 Å². The van der Waals surface area contributed by atoms with Crippen molar-refractivity contribution >= 4 is 27.7 Å². The summed E-state index contributed by atoms with van der Waals surface area (Å²) in [4.78, 5) is 22.8. The Morgan fingerprint density at radius 3 is 2.81 bits per heavy atom. The SMILES string of the molecule is N#Cc1cnc(NCCc2ccc(Br)nc2)c(C(=O)O)n1. The van der Waals surface area contributed by atoms with Crippen LogP contribution in [0, 0.1) is 11.3 Å². The van der Waals surface area contributed by atoms with Crippen LogP contribution in [0.5, 0.6) is 0 Å². The number of nitrogens with zero attached hydrogens (tertiary/aromatic N) is 4. The Bertz CT molecular complexity index is 697. The van der Waals surface area contributed by atoms with E-state index < -0.39 is 5.97 Å². The first kappa shape index (κ1) is 14.9. The van der Waals surface area contributed by atoms with E-state index in [1.165, 1.54) is 6.20 Å². The largest absolute Gasteiger partial charge is 0.476 e. The number of aromatic carboxylic acids is 1. The summed E-state index contributed by atoms with van der Waals surface area (Å²) in [6.07, 6.45) is 3.62. The van der Waals surface area contributed by atoms with Crippen molar-refractivity contribution in [2.24, 2.45) is 0 Å². The van der Waals surface area contributed by atoms with E-state index in [9.17, 15) is 4.79 Å². The van der Waals surface area contributed by atoms with Crippen molar-refractivity contribution in [3.63, 3.8) is 0 Å². The third kappa shape index (κ3) is 3.97. The first-order valence-electron chi connectivity index (χ1n) is 5.95. The summed E-state index contributed by atoms with van der Waals surface area (Å²) in [6, 6.07) is 5.51. The molecule has 0 radical (unpaired) electrons. The Kier molecular flexibility index (Phi) is 4.79. The molecule has 0 atom stereocenters. The molecular weight excluding hydrogens is 338 g/mol. The van der Waals surface area contributed by atoms with Crippen LogP contribution < -0.4 is 5.32 Å². The first-order chi connectivity index (χ1) is 10.1. The lowest BCUT2D eigenvalue weighted by molar-refractivity contribution is 0.0691. The van der Waals surface area contributed by atoms with Crippen LogP contribution in [0.2, 0.25) is 0 Å². The number of aromatic nitrogens is 3. The van der Waals surface area contributed by atoms with E-state index >= 15 is 0 Å². The van der Waals surface area contributed by atoms with Crippen LogP contribution in [0.1, 0.15) is 21.7 Å². The van der Waals surface area contributed by atoms with Crippen molar-refractivity contribution in [1.82, 2.24) is 15.0 Å². The molecule has 7 nitrogen and oxygen atoms in total. The smallest absolute Gasteiger partial charge is 0.358 e. The highest BCUT2D eigenvalue weighted by Crippen LogP contribution is 2.11. The monoisotopic (exact) mass is 347 g/mol. The van der Waals surface area contributed by atoms with Gasteiger partial charge in [-0.2, -0.15) is 5.26 Å². The van der Waals surface area contributed by atoms with Crippen LogP contribution in [0.3, 0.4) is 0 Å². The van der Waals surface area contributed by atoms with Crippen LogP contribution >= 0.6 is 15.9 Å². The van der Waals surface area contributed by atoms with Gasteiger partial charge in [-0.3, -0.25) is 0 Å². The number of carboxylic acids is 1. The summed E-state index contributed by atoms with van der Waals surface area (Å²) in [5.41, 5.74) is 0.710. The maximum atomic E-state index is 11.1. The number of halogens is 1. The maximum absolute atomic E-state index is 11.1. The summed E-state index contributed by atoms with van der Waals surface area (Å²) in [6.45, 7) is 0.476. The van der Waals surface area contributed by atoms with Gasteiger partial charge in [0.15, 0.2) is 17.2 Å². The zero-order chi connectivity index (χ0) is 15.2. The average molecular weight is 348 g/mol. The van der Waals surface area contributed by atoms with E-state index in [0.29, 0.717) is 13.0 Å². The van der Waals surface area contributed by atoms with E-state index in [-0.39, 0.29) is 17.2 Å². The van der Waals surface area contributed by atoms with Crippen LogP contribution in [-0.2, 0) is 6.42 Å². The third-order valence-corrected chi connectivity index (χ3v) is 3.05. The average Bonchev–Trinajstić information content (AvgIpc) is 2.49.